The lowest BCUT2D eigenvalue weighted by Crippen LogP contribution is -2.49. The van der Waals surface area contributed by atoms with Crippen LogP contribution in [0.5, 0.6) is 0 Å². The number of likely N-dealkylation sites (tertiary alicyclic amines) is 1. The Bertz CT molecular complexity index is 839. The Labute approximate surface area is 202 Å². The van der Waals surface area contributed by atoms with Crippen molar-refractivity contribution in [2.24, 2.45) is 5.92 Å². The summed E-state index contributed by atoms with van der Waals surface area (Å²) in [5.41, 5.74) is 1.13. The third-order valence-corrected chi connectivity index (χ3v) is 6.36. The minimum Gasteiger partial charge on any atom is -0.356 e. The Morgan fingerprint density at radius 2 is 1.56 bits per heavy atom. The Balaban J connectivity index is 0.000000439. The van der Waals surface area contributed by atoms with Crippen LogP contribution in [0.3, 0.4) is 0 Å². The van der Waals surface area contributed by atoms with Crippen LogP contribution in [-0.4, -0.2) is 29.3 Å². The average Bonchev–Trinajstić information content (AvgIpc) is 2.79. The first-order valence-corrected chi connectivity index (χ1v) is 12.2. The van der Waals surface area contributed by atoms with E-state index in [9.17, 15) is 9.59 Å². The third-order valence-electron chi connectivity index (χ3n) is 5.86. The number of nitrogens with one attached hydrogen (secondary N) is 1. The average molecular weight is 477 g/mol. The molecule has 1 N–H and O–H groups in total. The maximum atomic E-state index is 13.2. The Morgan fingerprint density at radius 1 is 0.969 bits per heavy atom. The highest BCUT2D eigenvalue weighted by Gasteiger charge is 2.39. The van der Waals surface area contributed by atoms with E-state index < -0.39 is 0 Å². The molecule has 0 saturated carbocycles. The molecule has 0 aromatic heterocycles. The molecule has 4 nitrogen and oxygen atoms in total. The van der Waals surface area contributed by atoms with E-state index in [2.05, 4.69) is 19.2 Å². The standard InChI is InChI=1S/C20H29ClN2O2.C6H5Cl/c1-4-17(5-2)23-18(14-7-10-16(21)11-8-14)12-9-15(20(23)25)13-19(24)22-6-3;7-6-4-2-1-3-5-6/h7-8,10-11,15,17-18H,4-6,9,12-13H2,1-3H3,(H,22,24);1-5H. The van der Waals surface area contributed by atoms with Gasteiger partial charge in [-0.25, -0.2) is 0 Å². The summed E-state index contributed by atoms with van der Waals surface area (Å²) in [6.45, 7) is 6.73. The molecule has 1 heterocycles. The first kappa shape index (κ1) is 26.2. The number of amides is 2. The molecule has 2 amide bonds. The summed E-state index contributed by atoms with van der Waals surface area (Å²) in [6, 6.07) is 17.5. The number of hydrogen-bond donors (Lipinski definition) is 1. The van der Waals surface area contributed by atoms with E-state index in [1.54, 1.807) is 0 Å². The highest BCUT2D eigenvalue weighted by Crippen LogP contribution is 2.38. The molecule has 0 radical (unpaired) electrons. The molecule has 1 aliphatic heterocycles. The molecule has 1 aliphatic rings. The van der Waals surface area contributed by atoms with E-state index in [0.29, 0.717) is 11.6 Å². The van der Waals surface area contributed by atoms with Crippen molar-refractivity contribution in [1.82, 2.24) is 10.2 Å². The van der Waals surface area contributed by atoms with E-state index in [-0.39, 0.29) is 36.2 Å². The number of piperidine rings is 1. The zero-order valence-electron chi connectivity index (χ0n) is 19.2. The predicted molar refractivity (Wildman–Crippen MR) is 133 cm³/mol. The fraction of sp³-hybridized carbons (Fsp3) is 0.462. The van der Waals surface area contributed by atoms with E-state index in [0.717, 1.165) is 36.3 Å². The molecule has 0 spiro atoms. The van der Waals surface area contributed by atoms with Gasteiger partial charge in [0.25, 0.3) is 0 Å². The van der Waals surface area contributed by atoms with Gasteiger partial charge in [-0.1, -0.05) is 67.4 Å². The quantitative estimate of drug-likeness (QED) is 0.484. The molecule has 3 rings (SSSR count). The Hall–Kier alpha value is -2.04. The van der Waals surface area contributed by atoms with Gasteiger partial charge >= 0.3 is 0 Å². The van der Waals surface area contributed by atoms with Gasteiger partial charge in [-0.2, -0.15) is 0 Å². The van der Waals surface area contributed by atoms with Crippen molar-refractivity contribution in [3.8, 4) is 0 Å². The second-order valence-electron chi connectivity index (χ2n) is 8.01. The van der Waals surface area contributed by atoms with Gasteiger partial charge in [0.2, 0.25) is 11.8 Å². The van der Waals surface area contributed by atoms with Crippen LogP contribution in [0.2, 0.25) is 10.0 Å². The number of benzene rings is 2. The van der Waals surface area contributed by atoms with Crippen LogP contribution < -0.4 is 5.32 Å². The number of carbonyl (C=O) groups excluding carboxylic acids is 2. The zero-order valence-corrected chi connectivity index (χ0v) is 20.7. The predicted octanol–water partition coefficient (Wildman–Crippen LogP) is 6.67. The summed E-state index contributed by atoms with van der Waals surface area (Å²) in [7, 11) is 0. The minimum atomic E-state index is -0.212. The monoisotopic (exact) mass is 476 g/mol. The second kappa shape index (κ2) is 13.5. The van der Waals surface area contributed by atoms with Gasteiger partial charge in [0.05, 0.1) is 6.04 Å². The highest BCUT2D eigenvalue weighted by molar-refractivity contribution is 6.30. The largest absolute Gasteiger partial charge is 0.356 e. The molecular formula is C26H34Cl2N2O2. The number of nitrogens with zero attached hydrogens (tertiary/aromatic N) is 1. The molecule has 2 aromatic rings. The molecule has 1 fully saturated rings. The summed E-state index contributed by atoms with van der Waals surface area (Å²) in [5.74, 6) is -0.128. The number of carbonyl (C=O) groups is 2. The van der Waals surface area contributed by atoms with Crippen molar-refractivity contribution >= 4 is 35.0 Å². The number of hydrogen-bond acceptors (Lipinski definition) is 2. The first-order chi connectivity index (χ1) is 15.4. The zero-order chi connectivity index (χ0) is 23.5. The molecule has 174 valence electrons. The molecule has 6 heteroatoms. The maximum Gasteiger partial charge on any atom is 0.226 e. The van der Waals surface area contributed by atoms with Crippen LogP contribution in [0, 0.1) is 5.92 Å². The van der Waals surface area contributed by atoms with Crippen molar-refractivity contribution in [2.75, 3.05) is 6.54 Å². The van der Waals surface area contributed by atoms with E-state index >= 15 is 0 Å². The normalized spacial score (nSPS) is 18.2. The van der Waals surface area contributed by atoms with Crippen LogP contribution in [0.15, 0.2) is 54.6 Å². The van der Waals surface area contributed by atoms with Gasteiger partial charge in [-0.3, -0.25) is 9.59 Å². The van der Waals surface area contributed by atoms with Gasteiger partial charge < -0.3 is 10.2 Å². The molecule has 0 bridgehead atoms. The third kappa shape index (κ3) is 7.53. The van der Waals surface area contributed by atoms with Crippen LogP contribution in [0.1, 0.15) is 64.5 Å². The summed E-state index contributed by atoms with van der Waals surface area (Å²) in [6.07, 6.45) is 3.75. The lowest BCUT2D eigenvalue weighted by Gasteiger charge is -2.44. The van der Waals surface area contributed by atoms with Crippen LogP contribution in [0.25, 0.3) is 0 Å². The van der Waals surface area contributed by atoms with Crippen molar-refractivity contribution in [1.29, 1.82) is 0 Å². The summed E-state index contributed by atoms with van der Waals surface area (Å²) in [5, 5.41) is 4.31. The minimum absolute atomic E-state index is 0.0321. The van der Waals surface area contributed by atoms with Crippen molar-refractivity contribution in [3.05, 3.63) is 70.2 Å². The number of halogens is 2. The van der Waals surface area contributed by atoms with Gasteiger partial charge in [-0.15, -0.1) is 0 Å². The van der Waals surface area contributed by atoms with E-state index in [4.69, 9.17) is 23.2 Å². The topological polar surface area (TPSA) is 49.4 Å². The van der Waals surface area contributed by atoms with Gasteiger partial charge in [-0.05, 0) is 62.4 Å². The van der Waals surface area contributed by atoms with Crippen LogP contribution in [-0.2, 0) is 9.59 Å². The fourth-order valence-electron chi connectivity index (χ4n) is 4.21. The first-order valence-electron chi connectivity index (χ1n) is 11.5. The van der Waals surface area contributed by atoms with Crippen molar-refractivity contribution in [2.45, 2.75) is 65.0 Å². The highest BCUT2D eigenvalue weighted by atomic mass is 35.5. The Kier molecular flexibility index (Phi) is 11.1. The van der Waals surface area contributed by atoms with Gasteiger partial charge in [0.15, 0.2) is 0 Å². The van der Waals surface area contributed by atoms with Gasteiger partial charge in [0.1, 0.15) is 0 Å². The smallest absolute Gasteiger partial charge is 0.226 e. The summed E-state index contributed by atoms with van der Waals surface area (Å²) in [4.78, 5) is 27.2. The summed E-state index contributed by atoms with van der Waals surface area (Å²) >= 11 is 11.6. The summed E-state index contributed by atoms with van der Waals surface area (Å²) < 4.78 is 0. The molecule has 32 heavy (non-hydrogen) atoms. The number of rotatable bonds is 7. The molecule has 2 aromatic carbocycles. The molecule has 2 unspecified atom stereocenters. The molecule has 2 atom stereocenters. The fourth-order valence-corrected chi connectivity index (χ4v) is 4.48. The molecule has 0 aliphatic carbocycles. The van der Waals surface area contributed by atoms with Crippen molar-refractivity contribution in [3.63, 3.8) is 0 Å². The van der Waals surface area contributed by atoms with Crippen LogP contribution in [0.4, 0.5) is 0 Å². The van der Waals surface area contributed by atoms with E-state index in [1.807, 2.05) is 66.4 Å². The lowest BCUT2D eigenvalue weighted by atomic mass is 9.84. The van der Waals surface area contributed by atoms with Crippen LogP contribution >= 0.6 is 23.2 Å². The van der Waals surface area contributed by atoms with Crippen molar-refractivity contribution < 1.29 is 9.59 Å². The SMILES string of the molecule is CCNC(=O)CC1CCC(c2ccc(Cl)cc2)N(C(CC)CC)C1=O.Clc1ccccc1. The maximum absolute atomic E-state index is 13.2. The van der Waals surface area contributed by atoms with E-state index in [1.165, 1.54) is 0 Å². The van der Waals surface area contributed by atoms with Gasteiger partial charge in [0, 0.05) is 35.0 Å². The molecule has 1 saturated heterocycles. The second-order valence-corrected chi connectivity index (χ2v) is 8.88. The molecular weight excluding hydrogens is 443 g/mol. The lowest BCUT2D eigenvalue weighted by molar-refractivity contribution is -0.148. The Morgan fingerprint density at radius 3 is 2.06 bits per heavy atom.